The number of aryl methyl sites for hydroxylation is 1. The van der Waals surface area contributed by atoms with Crippen LogP contribution < -0.4 is 11.1 Å². The number of carbonyl (C=O) groups excluding carboxylic acids is 2. The third-order valence-electron chi connectivity index (χ3n) is 3.00. The Hall–Kier alpha value is -1.16. The van der Waals surface area contributed by atoms with Crippen molar-refractivity contribution in [3.8, 4) is 0 Å². The number of thioether (sulfide) groups is 1. The van der Waals surface area contributed by atoms with Crippen molar-refractivity contribution in [1.82, 2.24) is 10.3 Å². The highest BCUT2D eigenvalue weighted by Crippen LogP contribution is 2.22. The highest BCUT2D eigenvalue weighted by Gasteiger charge is 2.28. The van der Waals surface area contributed by atoms with Crippen molar-refractivity contribution >= 4 is 34.9 Å². The normalized spacial score (nSPS) is 21.5. The number of hydrogen-bond acceptors (Lipinski definition) is 7. The first-order valence-corrected chi connectivity index (χ1v) is 8.73. The van der Waals surface area contributed by atoms with Crippen molar-refractivity contribution in [3.05, 3.63) is 11.1 Å². The molecule has 2 heterocycles. The lowest BCUT2D eigenvalue weighted by Crippen LogP contribution is -2.51. The van der Waals surface area contributed by atoms with Gasteiger partial charge in [-0.1, -0.05) is 11.8 Å². The Morgan fingerprint density at radius 1 is 1.64 bits per heavy atom. The molecule has 7 nitrogen and oxygen atoms in total. The molecule has 2 amide bonds. The van der Waals surface area contributed by atoms with Crippen LogP contribution in [0, 0.1) is 6.92 Å². The fourth-order valence-corrected chi connectivity index (χ4v) is 3.68. The molecular weight excluding hydrogens is 326 g/mol. The zero-order valence-electron chi connectivity index (χ0n) is 12.2. The molecule has 1 aromatic heterocycles. The first-order valence-electron chi connectivity index (χ1n) is 6.86. The lowest BCUT2D eigenvalue weighted by Gasteiger charge is -2.31. The van der Waals surface area contributed by atoms with Crippen molar-refractivity contribution in [2.24, 2.45) is 5.73 Å². The number of nitrogens with zero attached hydrogens (tertiary/aromatic N) is 1. The number of aromatic nitrogens is 1. The van der Waals surface area contributed by atoms with Crippen LogP contribution in [0.4, 0.5) is 0 Å². The Labute approximate surface area is 136 Å². The van der Waals surface area contributed by atoms with E-state index in [2.05, 4.69) is 10.3 Å². The number of hydrogen-bond donors (Lipinski definition) is 2. The Morgan fingerprint density at radius 3 is 3.14 bits per heavy atom. The van der Waals surface area contributed by atoms with Crippen LogP contribution in [-0.4, -0.2) is 54.5 Å². The van der Waals surface area contributed by atoms with Crippen LogP contribution in [0.15, 0.2) is 9.72 Å². The number of carbonyl (C=O) groups is 2. The Bertz CT molecular complexity index is 523. The van der Waals surface area contributed by atoms with Gasteiger partial charge < -0.3 is 20.5 Å². The summed E-state index contributed by atoms with van der Waals surface area (Å²) in [4.78, 5) is 27.1. The Balaban J connectivity index is 1.78. The first kappa shape index (κ1) is 17.2. The topological polar surface area (TPSA) is 104 Å². The number of amides is 2. The summed E-state index contributed by atoms with van der Waals surface area (Å²) < 4.78 is 11.7. The van der Waals surface area contributed by atoms with E-state index >= 15 is 0 Å². The van der Waals surface area contributed by atoms with Crippen LogP contribution in [0.25, 0.3) is 0 Å². The first-order chi connectivity index (χ1) is 10.5. The predicted octanol–water partition coefficient (Wildman–Crippen LogP) is 0.319. The maximum atomic E-state index is 12.0. The molecule has 0 radical (unpaired) electrons. The molecule has 1 aliphatic rings. The molecule has 122 valence electrons. The zero-order valence-corrected chi connectivity index (χ0v) is 13.9. The van der Waals surface area contributed by atoms with Gasteiger partial charge in [-0.3, -0.25) is 9.59 Å². The van der Waals surface area contributed by atoms with Crippen LogP contribution in [0.5, 0.6) is 0 Å². The molecule has 0 spiro atoms. The van der Waals surface area contributed by atoms with Gasteiger partial charge in [0.05, 0.1) is 24.5 Å². The summed E-state index contributed by atoms with van der Waals surface area (Å²) in [6.07, 6.45) is 0.370. The SMILES string of the molecule is Cc1csc(SCC(=O)N[C@@H]2COCC[C@@H]2OCC(N)=O)n1. The van der Waals surface area contributed by atoms with Gasteiger partial charge in [-0.15, -0.1) is 11.3 Å². The number of rotatable bonds is 7. The molecule has 3 N–H and O–H groups in total. The molecular formula is C13H19N3O4S2. The van der Waals surface area contributed by atoms with Crippen LogP contribution in [0.3, 0.4) is 0 Å². The van der Waals surface area contributed by atoms with Crippen LogP contribution in [0.1, 0.15) is 12.1 Å². The van der Waals surface area contributed by atoms with Gasteiger partial charge in [-0.2, -0.15) is 0 Å². The van der Waals surface area contributed by atoms with E-state index in [9.17, 15) is 9.59 Å². The van der Waals surface area contributed by atoms with E-state index in [1.54, 1.807) is 0 Å². The van der Waals surface area contributed by atoms with Crippen LogP contribution in [0.2, 0.25) is 0 Å². The highest BCUT2D eigenvalue weighted by atomic mass is 32.2. The molecule has 2 atom stereocenters. The van der Waals surface area contributed by atoms with E-state index < -0.39 is 5.91 Å². The molecule has 0 saturated carbocycles. The van der Waals surface area contributed by atoms with Gasteiger partial charge in [-0.25, -0.2) is 4.98 Å². The average Bonchev–Trinajstić information content (AvgIpc) is 2.90. The number of nitrogens with one attached hydrogen (secondary N) is 1. The standard InChI is InChI=1S/C13H19N3O4S2/c1-8-6-21-13(15-8)22-7-12(18)16-9-4-19-3-2-10(9)20-5-11(14)17/h6,9-10H,2-5,7H2,1H3,(H2,14,17)(H,16,18)/t9-,10+/m1/s1. The second-order valence-corrected chi connectivity index (χ2v) is 6.98. The average molecular weight is 345 g/mol. The summed E-state index contributed by atoms with van der Waals surface area (Å²) in [5, 5.41) is 4.83. The van der Waals surface area contributed by atoms with Gasteiger partial charge in [0.1, 0.15) is 6.61 Å². The molecule has 0 aliphatic carbocycles. The van der Waals surface area contributed by atoms with E-state index in [-0.39, 0.29) is 30.4 Å². The molecule has 0 unspecified atom stereocenters. The van der Waals surface area contributed by atoms with Gasteiger partial charge >= 0.3 is 0 Å². The third kappa shape index (κ3) is 5.56. The zero-order chi connectivity index (χ0) is 15.9. The molecule has 1 aliphatic heterocycles. The van der Waals surface area contributed by atoms with E-state index in [1.165, 1.54) is 23.1 Å². The van der Waals surface area contributed by atoms with E-state index in [1.807, 2.05) is 12.3 Å². The largest absolute Gasteiger partial charge is 0.379 e. The summed E-state index contributed by atoms with van der Waals surface area (Å²) in [6, 6.07) is -0.265. The lowest BCUT2D eigenvalue weighted by atomic mass is 10.1. The number of nitrogens with two attached hydrogens (primary N) is 1. The molecule has 1 saturated heterocycles. The number of primary amides is 1. The van der Waals surface area contributed by atoms with E-state index in [4.69, 9.17) is 15.2 Å². The molecule has 22 heavy (non-hydrogen) atoms. The summed E-state index contributed by atoms with van der Waals surface area (Å²) in [6.45, 7) is 2.68. The third-order valence-corrected chi connectivity index (χ3v) is 5.14. The van der Waals surface area contributed by atoms with Crippen molar-refractivity contribution in [2.45, 2.75) is 29.8 Å². The minimum absolute atomic E-state index is 0.110. The Morgan fingerprint density at radius 2 is 2.45 bits per heavy atom. The van der Waals surface area contributed by atoms with Gasteiger partial charge in [-0.05, 0) is 13.3 Å². The number of ether oxygens (including phenoxy) is 2. The molecule has 9 heteroatoms. The van der Waals surface area contributed by atoms with E-state index in [0.717, 1.165) is 10.0 Å². The fourth-order valence-electron chi connectivity index (χ4n) is 2.02. The smallest absolute Gasteiger partial charge is 0.243 e. The summed E-state index contributed by atoms with van der Waals surface area (Å²) in [5.41, 5.74) is 6.03. The quantitative estimate of drug-likeness (QED) is 0.690. The van der Waals surface area contributed by atoms with Gasteiger partial charge in [0.25, 0.3) is 0 Å². The fraction of sp³-hybridized carbons (Fsp3) is 0.615. The molecule has 1 aromatic rings. The van der Waals surface area contributed by atoms with Crippen LogP contribution in [-0.2, 0) is 19.1 Å². The van der Waals surface area contributed by atoms with Gasteiger partial charge in [0.2, 0.25) is 11.8 Å². The second-order valence-electron chi connectivity index (χ2n) is 4.90. The summed E-state index contributed by atoms with van der Waals surface area (Å²) >= 11 is 2.92. The van der Waals surface area contributed by atoms with Crippen molar-refractivity contribution in [3.63, 3.8) is 0 Å². The maximum absolute atomic E-state index is 12.0. The number of thiazole rings is 1. The molecule has 2 rings (SSSR count). The maximum Gasteiger partial charge on any atom is 0.243 e. The van der Waals surface area contributed by atoms with Gasteiger partial charge in [0.15, 0.2) is 4.34 Å². The second kappa shape index (κ2) is 8.47. The van der Waals surface area contributed by atoms with Crippen molar-refractivity contribution in [1.29, 1.82) is 0 Å². The molecule has 0 bridgehead atoms. The predicted molar refractivity (Wildman–Crippen MR) is 83.9 cm³/mol. The monoisotopic (exact) mass is 345 g/mol. The van der Waals surface area contributed by atoms with Gasteiger partial charge in [0, 0.05) is 17.7 Å². The Kier molecular flexibility index (Phi) is 6.62. The van der Waals surface area contributed by atoms with E-state index in [0.29, 0.717) is 19.6 Å². The van der Waals surface area contributed by atoms with Crippen LogP contribution >= 0.6 is 23.1 Å². The summed E-state index contributed by atoms with van der Waals surface area (Å²) in [7, 11) is 0. The summed E-state index contributed by atoms with van der Waals surface area (Å²) in [5.74, 6) is -0.348. The molecule has 1 fully saturated rings. The minimum Gasteiger partial charge on any atom is -0.379 e. The molecule has 0 aromatic carbocycles. The van der Waals surface area contributed by atoms with Crippen molar-refractivity contribution < 1.29 is 19.1 Å². The lowest BCUT2D eigenvalue weighted by molar-refractivity contribution is -0.130. The van der Waals surface area contributed by atoms with Crippen molar-refractivity contribution in [2.75, 3.05) is 25.6 Å². The minimum atomic E-state index is -0.522. The highest BCUT2D eigenvalue weighted by molar-refractivity contribution is 8.01.